The van der Waals surface area contributed by atoms with E-state index < -0.39 is 5.97 Å². The molecule has 0 saturated carbocycles. The molecule has 88 valence electrons. The Balaban J connectivity index is 2.26. The standard InChI is InChI=1S/C11H15NO3S/c1-3-5-7-8(11(14)15)12-9(13)6(4-2)10(12)16-7/h6,10H,3-5H2,1-2H3,(H,14,15)/t6-,10+/m0/s1. The number of carboxylic acids is 1. The number of nitrogens with zero attached hydrogens (tertiary/aromatic N) is 1. The summed E-state index contributed by atoms with van der Waals surface area (Å²) in [5.74, 6) is -0.987. The first kappa shape index (κ1) is 11.5. The maximum atomic E-state index is 11.8. The summed E-state index contributed by atoms with van der Waals surface area (Å²) < 4.78 is 0. The number of fused-ring (bicyclic) bond motifs is 1. The number of hydrogen-bond acceptors (Lipinski definition) is 3. The van der Waals surface area contributed by atoms with Crippen molar-refractivity contribution in [2.75, 3.05) is 0 Å². The van der Waals surface area contributed by atoms with Crippen LogP contribution in [-0.4, -0.2) is 27.3 Å². The van der Waals surface area contributed by atoms with Crippen molar-refractivity contribution in [3.05, 3.63) is 10.6 Å². The van der Waals surface area contributed by atoms with E-state index in [0.29, 0.717) is 0 Å². The molecule has 0 unspecified atom stereocenters. The minimum absolute atomic E-state index is 0.00806. The molecule has 0 aromatic rings. The van der Waals surface area contributed by atoms with Crippen LogP contribution in [0.2, 0.25) is 0 Å². The summed E-state index contributed by atoms with van der Waals surface area (Å²) >= 11 is 1.56. The predicted molar refractivity (Wildman–Crippen MR) is 61.6 cm³/mol. The molecular formula is C11H15NO3S. The highest BCUT2D eigenvalue weighted by molar-refractivity contribution is 8.04. The van der Waals surface area contributed by atoms with Crippen LogP contribution in [-0.2, 0) is 9.59 Å². The minimum atomic E-state index is -0.971. The van der Waals surface area contributed by atoms with Gasteiger partial charge in [-0.1, -0.05) is 20.3 Å². The SMILES string of the molecule is CCCC1=C(C(=O)O)N2C(=O)[C@H](CC)[C@H]2S1. The molecule has 1 fully saturated rings. The topological polar surface area (TPSA) is 57.6 Å². The van der Waals surface area contributed by atoms with E-state index >= 15 is 0 Å². The van der Waals surface area contributed by atoms with Crippen LogP contribution in [0.25, 0.3) is 0 Å². The van der Waals surface area contributed by atoms with Gasteiger partial charge in [0.2, 0.25) is 5.91 Å². The monoisotopic (exact) mass is 241 g/mol. The molecule has 2 heterocycles. The van der Waals surface area contributed by atoms with Gasteiger partial charge in [-0.2, -0.15) is 0 Å². The first-order valence-electron chi connectivity index (χ1n) is 5.58. The number of β-lactam (4-membered cyclic amide) rings is 1. The molecule has 0 aromatic carbocycles. The smallest absolute Gasteiger partial charge is 0.353 e. The van der Waals surface area contributed by atoms with Gasteiger partial charge >= 0.3 is 5.97 Å². The summed E-state index contributed by atoms with van der Waals surface area (Å²) in [6, 6.07) is 0. The quantitative estimate of drug-likeness (QED) is 0.765. The Morgan fingerprint density at radius 3 is 2.69 bits per heavy atom. The van der Waals surface area contributed by atoms with Gasteiger partial charge in [0.05, 0.1) is 11.3 Å². The second kappa shape index (κ2) is 4.13. The molecule has 1 amide bonds. The number of carbonyl (C=O) groups is 2. The molecule has 0 aromatic heterocycles. The van der Waals surface area contributed by atoms with Crippen molar-refractivity contribution in [3.63, 3.8) is 0 Å². The van der Waals surface area contributed by atoms with E-state index in [4.69, 9.17) is 5.11 Å². The lowest BCUT2D eigenvalue weighted by Crippen LogP contribution is -2.56. The van der Waals surface area contributed by atoms with Crippen molar-refractivity contribution in [2.24, 2.45) is 5.92 Å². The number of carboxylic acid groups (broad SMARTS) is 1. The lowest BCUT2D eigenvalue weighted by atomic mass is 9.94. The molecule has 5 heteroatoms. The van der Waals surface area contributed by atoms with E-state index in [2.05, 4.69) is 0 Å². The summed E-state index contributed by atoms with van der Waals surface area (Å²) in [5.41, 5.74) is 0.228. The second-order valence-electron chi connectivity index (χ2n) is 4.06. The highest BCUT2D eigenvalue weighted by Gasteiger charge is 2.54. The van der Waals surface area contributed by atoms with E-state index in [0.717, 1.165) is 24.2 Å². The van der Waals surface area contributed by atoms with Crippen LogP contribution in [0.15, 0.2) is 10.6 Å². The molecule has 2 rings (SSSR count). The van der Waals surface area contributed by atoms with E-state index in [-0.39, 0.29) is 22.9 Å². The molecule has 1 saturated heterocycles. The molecule has 0 bridgehead atoms. The van der Waals surface area contributed by atoms with Gasteiger partial charge in [0.25, 0.3) is 0 Å². The predicted octanol–water partition coefficient (Wildman–Crippen LogP) is 2.02. The summed E-state index contributed by atoms with van der Waals surface area (Å²) in [6.45, 7) is 3.99. The number of rotatable bonds is 4. The van der Waals surface area contributed by atoms with Crippen LogP contribution in [0.3, 0.4) is 0 Å². The highest BCUT2D eigenvalue weighted by Crippen LogP contribution is 2.51. The van der Waals surface area contributed by atoms with Crippen molar-refractivity contribution in [2.45, 2.75) is 38.5 Å². The van der Waals surface area contributed by atoms with E-state index in [9.17, 15) is 9.59 Å². The fourth-order valence-corrected chi connectivity index (χ4v) is 3.93. The van der Waals surface area contributed by atoms with Gasteiger partial charge in [-0.25, -0.2) is 4.79 Å². The van der Waals surface area contributed by atoms with Gasteiger partial charge in [0.1, 0.15) is 5.70 Å². The lowest BCUT2D eigenvalue weighted by molar-refractivity contribution is -0.151. The van der Waals surface area contributed by atoms with Crippen LogP contribution >= 0.6 is 11.8 Å². The van der Waals surface area contributed by atoms with Gasteiger partial charge < -0.3 is 5.11 Å². The zero-order valence-corrected chi connectivity index (χ0v) is 10.2. The van der Waals surface area contributed by atoms with Crippen molar-refractivity contribution < 1.29 is 14.7 Å². The summed E-state index contributed by atoms with van der Waals surface area (Å²) in [5, 5.41) is 9.19. The first-order chi connectivity index (χ1) is 7.61. The van der Waals surface area contributed by atoms with Crippen molar-refractivity contribution >= 4 is 23.6 Å². The third-order valence-electron chi connectivity index (χ3n) is 3.04. The Labute approximate surface area is 98.7 Å². The van der Waals surface area contributed by atoms with Crippen LogP contribution < -0.4 is 0 Å². The Hall–Kier alpha value is -0.970. The largest absolute Gasteiger partial charge is 0.477 e. The maximum absolute atomic E-state index is 11.8. The molecule has 0 aliphatic carbocycles. The van der Waals surface area contributed by atoms with Crippen molar-refractivity contribution in [1.82, 2.24) is 4.90 Å². The Kier molecular flexibility index (Phi) is 2.97. The molecule has 16 heavy (non-hydrogen) atoms. The van der Waals surface area contributed by atoms with Crippen molar-refractivity contribution in [1.29, 1.82) is 0 Å². The number of carbonyl (C=O) groups excluding carboxylic acids is 1. The van der Waals surface area contributed by atoms with Gasteiger partial charge in [-0.05, 0) is 12.8 Å². The molecular weight excluding hydrogens is 226 g/mol. The van der Waals surface area contributed by atoms with Crippen molar-refractivity contribution in [3.8, 4) is 0 Å². The summed E-state index contributed by atoms with van der Waals surface area (Å²) in [4.78, 5) is 25.2. The Morgan fingerprint density at radius 1 is 1.50 bits per heavy atom. The molecule has 2 atom stereocenters. The average molecular weight is 241 g/mol. The molecule has 0 radical (unpaired) electrons. The summed E-state index contributed by atoms with van der Waals surface area (Å²) in [6.07, 6.45) is 2.45. The fraction of sp³-hybridized carbons (Fsp3) is 0.636. The van der Waals surface area contributed by atoms with Gasteiger partial charge in [0, 0.05) is 4.91 Å². The van der Waals surface area contributed by atoms with Gasteiger partial charge in [-0.3, -0.25) is 9.69 Å². The number of thioether (sulfide) groups is 1. The Bertz CT molecular complexity index is 377. The first-order valence-corrected chi connectivity index (χ1v) is 6.45. The zero-order chi connectivity index (χ0) is 11.9. The summed E-state index contributed by atoms with van der Waals surface area (Å²) in [7, 11) is 0. The Morgan fingerprint density at radius 2 is 2.19 bits per heavy atom. The number of allylic oxidation sites excluding steroid dienone is 1. The van der Waals surface area contributed by atoms with Crippen LogP contribution in [0, 0.1) is 5.92 Å². The molecule has 0 spiro atoms. The van der Waals surface area contributed by atoms with E-state index in [1.807, 2.05) is 13.8 Å². The van der Waals surface area contributed by atoms with Crippen LogP contribution in [0.4, 0.5) is 0 Å². The molecule has 2 aliphatic heterocycles. The van der Waals surface area contributed by atoms with Crippen LogP contribution in [0.5, 0.6) is 0 Å². The van der Waals surface area contributed by atoms with Gasteiger partial charge in [0.15, 0.2) is 0 Å². The molecule has 4 nitrogen and oxygen atoms in total. The van der Waals surface area contributed by atoms with Crippen LogP contribution in [0.1, 0.15) is 33.1 Å². The number of amides is 1. The number of aliphatic carboxylic acids is 1. The van der Waals surface area contributed by atoms with E-state index in [1.165, 1.54) is 4.90 Å². The maximum Gasteiger partial charge on any atom is 0.353 e. The molecule has 1 N–H and O–H groups in total. The minimum Gasteiger partial charge on any atom is -0.477 e. The molecule has 2 aliphatic rings. The van der Waals surface area contributed by atoms with E-state index in [1.54, 1.807) is 11.8 Å². The average Bonchev–Trinajstić information content (AvgIpc) is 2.55. The third-order valence-corrected chi connectivity index (χ3v) is 4.50. The number of hydrogen-bond donors (Lipinski definition) is 1. The fourth-order valence-electron chi connectivity index (χ4n) is 2.23. The zero-order valence-electron chi connectivity index (χ0n) is 9.40. The van der Waals surface area contributed by atoms with Gasteiger partial charge in [-0.15, -0.1) is 11.8 Å². The normalized spacial score (nSPS) is 28.1. The third kappa shape index (κ3) is 1.45. The lowest BCUT2D eigenvalue weighted by Gasteiger charge is -2.41. The highest BCUT2D eigenvalue weighted by atomic mass is 32.2. The second-order valence-corrected chi connectivity index (χ2v) is 5.27.